The minimum atomic E-state index is -4.44. The Balaban J connectivity index is 1.89. The van der Waals surface area contributed by atoms with Crippen molar-refractivity contribution in [1.82, 2.24) is 15.2 Å². The van der Waals surface area contributed by atoms with E-state index in [2.05, 4.69) is 15.2 Å². The van der Waals surface area contributed by atoms with E-state index in [9.17, 15) is 17.6 Å². The van der Waals surface area contributed by atoms with Crippen molar-refractivity contribution in [3.8, 4) is 28.5 Å². The number of nitrogens with one attached hydrogen (secondary N) is 1. The molecular weight excluding hydrogens is 326 g/mol. The van der Waals surface area contributed by atoms with Crippen LogP contribution in [0.25, 0.3) is 22.8 Å². The second-order valence-electron chi connectivity index (χ2n) is 4.91. The van der Waals surface area contributed by atoms with Crippen LogP contribution < -0.4 is 4.74 Å². The maximum atomic E-state index is 12.9. The van der Waals surface area contributed by atoms with Gasteiger partial charge in [-0.2, -0.15) is 18.3 Å². The van der Waals surface area contributed by atoms with Crippen molar-refractivity contribution in [3.63, 3.8) is 0 Å². The number of hydrogen-bond donors (Lipinski definition) is 1. The summed E-state index contributed by atoms with van der Waals surface area (Å²) in [5.41, 5.74) is 0.926. The van der Waals surface area contributed by atoms with E-state index in [0.29, 0.717) is 17.0 Å². The molecule has 1 aromatic heterocycles. The Morgan fingerprint density at radius 2 is 1.71 bits per heavy atom. The standard InChI is InChI=1S/C16H11F4N3O/c17-11-7-5-10(6-8-11)14-21-15(23-22-14)12-3-1-2-4-13(12)24-9-16(18,19)20/h1-8H,9H2,(H,21,22,23). The smallest absolute Gasteiger partial charge is 0.422 e. The van der Waals surface area contributed by atoms with Gasteiger partial charge >= 0.3 is 6.18 Å². The van der Waals surface area contributed by atoms with E-state index in [1.165, 1.54) is 30.3 Å². The van der Waals surface area contributed by atoms with E-state index in [1.54, 1.807) is 18.2 Å². The number of H-pyrrole nitrogens is 1. The Bertz CT molecular complexity index is 828. The maximum Gasteiger partial charge on any atom is 0.422 e. The number of nitrogens with zero attached hydrogens (tertiary/aromatic N) is 2. The summed E-state index contributed by atoms with van der Waals surface area (Å²) < 4.78 is 54.8. The lowest BCUT2D eigenvalue weighted by atomic mass is 10.2. The molecule has 2 aromatic carbocycles. The van der Waals surface area contributed by atoms with Crippen molar-refractivity contribution >= 4 is 0 Å². The number of hydrogen-bond acceptors (Lipinski definition) is 3. The van der Waals surface area contributed by atoms with Gasteiger partial charge in [0.1, 0.15) is 11.6 Å². The van der Waals surface area contributed by atoms with Crippen LogP contribution in [-0.2, 0) is 0 Å². The Hall–Kier alpha value is -2.90. The zero-order chi connectivity index (χ0) is 17.2. The predicted octanol–water partition coefficient (Wildman–Crippen LogP) is 4.22. The fraction of sp³-hybridized carbons (Fsp3) is 0.125. The van der Waals surface area contributed by atoms with Crippen LogP contribution in [0.3, 0.4) is 0 Å². The molecule has 0 aliphatic carbocycles. The van der Waals surface area contributed by atoms with E-state index in [1.807, 2.05) is 0 Å². The largest absolute Gasteiger partial charge is 0.483 e. The van der Waals surface area contributed by atoms with Crippen LogP contribution in [0.15, 0.2) is 48.5 Å². The lowest BCUT2D eigenvalue weighted by Gasteiger charge is -2.11. The molecule has 0 bridgehead atoms. The Morgan fingerprint density at radius 3 is 2.42 bits per heavy atom. The van der Waals surface area contributed by atoms with Crippen molar-refractivity contribution in [1.29, 1.82) is 0 Å². The number of aromatic nitrogens is 3. The van der Waals surface area contributed by atoms with E-state index >= 15 is 0 Å². The third-order valence-electron chi connectivity index (χ3n) is 3.12. The SMILES string of the molecule is Fc1ccc(-c2n[nH]c(-c3ccccc3OCC(F)(F)F)n2)cc1. The van der Waals surface area contributed by atoms with Crippen LogP contribution in [0.4, 0.5) is 17.6 Å². The number of ether oxygens (including phenoxy) is 1. The molecule has 0 unspecified atom stereocenters. The number of benzene rings is 2. The minimum Gasteiger partial charge on any atom is -0.483 e. The number of aromatic amines is 1. The van der Waals surface area contributed by atoms with Crippen molar-refractivity contribution in [2.24, 2.45) is 0 Å². The first-order valence-corrected chi connectivity index (χ1v) is 6.90. The topological polar surface area (TPSA) is 50.8 Å². The molecule has 0 radical (unpaired) electrons. The highest BCUT2D eigenvalue weighted by Crippen LogP contribution is 2.30. The van der Waals surface area contributed by atoms with Crippen LogP contribution in [0.5, 0.6) is 5.75 Å². The maximum absolute atomic E-state index is 12.9. The monoisotopic (exact) mass is 337 g/mol. The molecule has 24 heavy (non-hydrogen) atoms. The van der Waals surface area contributed by atoms with Crippen LogP contribution in [-0.4, -0.2) is 28.0 Å². The Kier molecular flexibility index (Phi) is 4.20. The fourth-order valence-electron chi connectivity index (χ4n) is 2.06. The molecule has 124 valence electrons. The summed E-state index contributed by atoms with van der Waals surface area (Å²) in [7, 11) is 0. The normalized spacial score (nSPS) is 11.5. The summed E-state index contributed by atoms with van der Waals surface area (Å²) in [6, 6.07) is 11.8. The number of para-hydroxylation sites is 1. The number of halogens is 4. The highest BCUT2D eigenvalue weighted by molar-refractivity contribution is 5.66. The summed E-state index contributed by atoms with van der Waals surface area (Å²) in [6.07, 6.45) is -4.44. The van der Waals surface area contributed by atoms with E-state index in [-0.39, 0.29) is 17.4 Å². The molecule has 0 aliphatic heterocycles. The molecule has 0 saturated carbocycles. The van der Waals surface area contributed by atoms with Gasteiger partial charge in [-0.25, -0.2) is 9.37 Å². The highest BCUT2D eigenvalue weighted by atomic mass is 19.4. The molecule has 1 N–H and O–H groups in total. The zero-order valence-electron chi connectivity index (χ0n) is 12.1. The molecule has 0 spiro atoms. The summed E-state index contributed by atoms with van der Waals surface area (Å²) in [5.74, 6) is 0.208. The van der Waals surface area contributed by atoms with E-state index in [0.717, 1.165) is 0 Å². The minimum absolute atomic E-state index is 0.0385. The van der Waals surface area contributed by atoms with Gasteiger partial charge in [-0.15, -0.1) is 0 Å². The molecule has 0 amide bonds. The van der Waals surface area contributed by atoms with Crippen molar-refractivity contribution < 1.29 is 22.3 Å². The lowest BCUT2D eigenvalue weighted by molar-refractivity contribution is -0.153. The molecule has 3 aromatic rings. The molecule has 8 heteroatoms. The van der Waals surface area contributed by atoms with Crippen molar-refractivity contribution in [2.75, 3.05) is 6.61 Å². The van der Waals surface area contributed by atoms with Gasteiger partial charge in [0.2, 0.25) is 0 Å². The molecule has 0 atom stereocenters. The molecule has 3 rings (SSSR count). The van der Waals surface area contributed by atoms with Gasteiger partial charge in [0.05, 0.1) is 5.56 Å². The number of alkyl halides is 3. The molecule has 1 heterocycles. The first-order chi connectivity index (χ1) is 11.4. The molecule has 0 aliphatic rings. The second kappa shape index (κ2) is 6.31. The van der Waals surface area contributed by atoms with Gasteiger partial charge in [0.25, 0.3) is 0 Å². The Morgan fingerprint density at radius 1 is 1.00 bits per heavy atom. The Labute approximate surface area is 134 Å². The first kappa shape index (κ1) is 16.0. The highest BCUT2D eigenvalue weighted by Gasteiger charge is 2.29. The first-order valence-electron chi connectivity index (χ1n) is 6.90. The lowest BCUT2D eigenvalue weighted by Crippen LogP contribution is -2.19. The van der Waals surface area contributed by atoms with Crippen molar-refractivity contribution in [3.05, 3.63) is 54.3 Å². The summed E-state index contributed by atoms with van der Waals surface area (Å²) in [4.78, 5) is 4.24. The average molecular weight is 337 g/mol. The third kappa shape index (κ3) is 3.70. The van der Waals surface area contributed by atoms with Crippen LogP contribution >= 0.6 is 0 Å². The van der Waals surface area contributed by atoms with Gasteiger partial charge in [-0.3, -0.25) is 5.10 Å². The summed E-state index contributed by atoms with van der Waals surface area (Å²) in [6.45, 7) is -1.40. The number of rotatable bonds is 4. The summed E-state index contributed by atoms with van der Waals surface area (Å²) in [5, 5.41) is 6.66. The van der Waals surface area contributed by atoms with Gasteiger partial charge in [-0.05, 0) is 36.4 Å². The van der Waals surface area contributed by atoms with E-state index < -0.39 is 12.8 Å². The zero-order valence-corrected chi connectivity index (χ0v) is 12.1. The van der Waals surface area contributed by atoms with Crippen LogP contribution in [0.1, 0.15) is 0 Å². The van der Waals surface area contributed by atoms with Gasteiger partial charge in [-0.1, -0.05) is 12.1 Å². The van der Waals surface area contributed by atoms with Crippen LogP contribution in [0, 0.1) is 5.82 Å². The van der Waals surface area contributed by atoms with Gasteiger partial charge in [0, 0.05) is 5.56 Å². The average Bonchev–Trinajstić information content (AvgIpc) is 3.03. The third-order valence-corrected chi connectivity index (χ3v) is 3.12. The summed E-state index contributed by atoms with van der Waals surface area (Å²) >= 11 is 0. The fourth-order valence-corrected chi connectivity index (χ4v) is 2.06. The molecule has 0 fully saturated rings. The predicted molar refractivity (Wildman–Crippen MR) is 78.8 cm³/mol. The second-order valence-corrected chi connectivity index (χ2v) is 4.91. The van der Waals surface area contributed by atoms with Crippen molar-refractivity contribution in [2.45, 2.75) is 6.18 Å². The van der Waals surface area contributed by atoms with E-state index in [4.69, 9.17) is 4.74 Å². The molecular formula is C16H11F4N3O. The van der Waals surface area contributed by atoms with Gasteiger partial charge in [0.15, 0.2) is 18.3 Å². The quantitative estimate of drug-likeness (QED) is 0.725. The molecule has 4 nitrogen and oxygen atoms in total. The van der Waals surface area contributed by atoms with Gasteiger partial charge < -0.3 is 4.74 Å². The van der Waals surface area contributed by atoms with Crippen LogP contribution in [0.2, 0.25) is 0 Å². The molecule has 0 saturated heterocycles.